The van der Waals surface area contributed by atoms with Crippen molar-refractivity contribution in [1.82, 2.24) is 4.98 Å². The Balaban J connectivity index is 2.10. The van der Waals surface area contributed by atoms with Crippen molar-refractivity contribution in [2.75, 3.05) is 5.32 Å². The quantitative estimate of drug-likeness (QED) is 0.694. The summed E-state index contributed by atoms with van der Waals surface area (Å²) in [5.74, 6) is 0.283. The van der Waals surface area contributed by atoms with Gasteiger partial charge in [-0.15, -0.1) is 0 Å². The van der Waals surface area contributed by atoms with Crippen LogP contribution in [0.5, 0.6) is 0 Å². The molecule has 6 heteroatoms. The van der Waals surface area contributed by atoms with Crippen molar-refractivity contribution in [3.05, 3.63) is 62.7 Å². The molecule has 0 aliphatic rings. The van der Waals surface area contributed by atoms with Crippen molar-refractivity contribution in [1.29, 1.82) is 0 Å². The zero-order chi connectivity index (χ0) is 13.0. The predicted molar refractivity (Wildman–Crippen MR) is 72.4 cm³/mol. The lowest BCUT2D eigenvalue weighted by molar-refractivity contribution is -0.384. The van der Waals surface area contributed by atoms with Gasteiger partial charge in [0.25, 0.3) is 0 Å². The molecule has 0 fully saturated rings. The molecule has 2 rings (SSSR count). The highest BCUT2D eigenvalue weighted by Crippen LogP contribution is 2.21. The van der Waals surface area contributed by atoms with Crippen molar-refractivity contribution in [3.8, 4) is 0 Å². The van der Waals surface area contributed by atoms with E-state index in [1.807, 2.05) is 24.3 Å². The van der Waals surface area contributed by atoms with Crippen molar-refractivity contribution in [2.45, 2.75) is 6.54 Å². The lowest BCUT2D eigenvalue weighted by Gasteiger charge is -2.05. The van der Waals surface area contributed by atoms with Gasteiger partial charge in [0.1, 0.15) is 0 Å². The van der Waals surface area contributed by atoms with E-state index < -0.39 is 4.92 Å². The molecule has 2 aromatic rings. The van der Waals surface area contributed by atoms with Crippen LogP contribution in [-0.2, 0) is 6.54 Å². The molecule has 5 nitrogen and oxygen atoms in total. The van der Waals surface area contributed by atoms with Gasteiger partial charge < -0.3 is 5.32 Å². The molecule has 0 saturated heterocycles. The number of nitro groups is 1. The molecule has 0 radical (unpaired) electrons. The lowest BCUT2D eigenvalue weighted by Crippen LogP contribution is -2.04. The monoisotopic (exact) mass is 307 g/mol. The summed E-state index contributed by atoms with van der Waals surface area (Å²) in [7, 11) is 0. The van der Waals surface area contributed by atoms with Crippen molar-refractivity contribution in [3.63, 3.8) is 0 Å². The smallest absolute Gasteiger partial charge is 0.311 e. The summed E-state index contributed by atoms with van der Waals surface area (Å²) in [6.45, 7) is 0.491. The molecule has 0 amide bonds. The molecule has 0 aliphatic heterocycles. The van der Waals surface area contributed by atoms with Crippen LogP contribution in [0.3, 0.4) is 0 Å². The Hall–Kier alpha value is -1.95. The van der Waals surface area contributed by atoms with Gasteiger partial charge in [0.05, 0.1) is 4.92 Å². The summed E-state index contributed by atoms with van der Waals surface area (Å²) in [5.41, 5.74) is 1.01. The van der Waals surface area contributed by atoms with E-state index in [2.05, 4.69) is 26.2 Å². The summed E-state index contributed by atoms with van der Waals surface area (Å²) in [6.07, 6.45) is 1.52. The highest BCUT2D eigenvalue weighted by molar-refractivity contribution is 9.10. The van der Waals surface area contributed by atoms with Crippen LogP contribution in [-0.4, -0.2) is 9.91 Å². The number of rotatable bonds is 4. The number of nitrogens with zero attached hydrogens (tertiary/aromatic N) is 2. The van der Waals surface area contributed by atoms with E-state index in [9.17, 15) is 10.1 Å². The number of aromatic nitrogens is 1. The minimum absolute atomic E-state index is 0.0189. The fourth-order valence-corrected chi connectivity index (χ4v) is 1.73. The summed E-state index contributed by atoms with van der Waals surface area (Å²) in [6, 6.07) is 10.7. The number of hydrogen-bond donors (Lipinski definition) is 1. The van der Waals surface area contributed by atoms with Crippen molar-refractivity contribution >= 4 is 27.4 Å². The normalized spacial score (nSPS) is 10.1. The topological polar surface area (TPSA) is 68.1 Å². The Kier molecular flexibility index (Phi) is 3.88. The highest BCUT2D eigenvalue weighted by atomic mass is 79.9. The maximum Gasteiger partial charge on any atom is 0.311 e. The summed E-state index contributed by atoms with van der Waals surface area (Å²) in [5, 5.41) is 13.8. The van der Waals surface area contributed by atoms with E-state index in [0.717, 1.165) is 10.0 Å². The van der Waals surface area contributed by atoms with Crippen LogP contribution in [0.2, 0.25) is 0 Å². The summed E-state index contributed by atoms with van der Waals surface area (Å²) < 4.78 is 0.995. The van der Waals surface area contributed by atoms with E-state index in [1.165, 1.54) is 12.3 Å². The van der Waals surface area contributed by atoms with Crippen LogP contribution in [0.15, 0.2) is 47.1 Å². The number of anilines is 1. The molecule has 1 aromatic heterocycles. The molecule has 0 aliphatic carbocycles. The van der Waals surface area contributed by atoms with Crippen LogP contribution in [0.25, 0.3) is 0 Å². The van der Waals surface area contributed by atoms with Crippen LogP contribution in [0, 0.1) is 10.1 Å². The summed E-state index contributed by atoms with van der Waals surface area (Å²) in [4.78, 5) is 14.3. The van der Waals surface area contributed by atoms with Gasteiger partial charge in [-0.3, -0.25) is 10.1 Å². The molecule has 0 bridgehead atoms. The number of pyridine rings is 1. The first kappa shape index (κ1) is 12.5. The number of nitrogens with one attached hydrogen (secondary N) is 1. The SMILES string of the molecule is O=[N+]([O-])c1cccnc1NCc1ccc(Br)cc1. The van der Waals surface area contributed by atoms with E-state index in [0.29, 0.717) is 6.54 Å². The van der Waals surface area contributed by atoms with Gasteiger partial charge in [0.2, 0.25) is 5.82 Å². The Morgan fingerprint density at radius 1 is 1.28 bits per heavy atom. The fraction of sp³-hybridized carbons (Fsp3) is 0.0833. The Bertz CT molecular complexity index is 558. The Morgan fingerprint density at radius 2 is 2.00 bits per heavy atom. The minimum atomic E-state index is -0.448. The second kappa shape index (κ2) is 5.59. The second-order valence-electron chi connectivity index (χ2n) is 3.61. The van der Waals surface area contributed by atoms with Crippen LogP contribution in [0.4, 0.5) is 11.5 Å². The van der Waals surface area contributed by atoms with E-state index >= 15 is 0 Å². The molecule has 18 heavy (non-hydrogen) atoms. The lowest BCUT2D eigenvalue weighted by atomic mass is 10.2. The van der Waals surface area contributed by atoms with Gasteiger partial charge in [-0.2, -0.15) is 0 Å². The standard InChI is InChI=1S/C12H10BrN3O2/c13-10-5-3-9(4-6-10)8-15-12-11(16(17)18)2-1-7-14-12/h1-7H,8H2,(H,14,15). The van der Waals surface area contributed by atoms with Gasteiger partial charge in [0.15, 0.2) is 0 Å². The fourth-order valence-electron chi connectivity index (χ4n) is 1.47. The average Bonchev–Trinajstić information content (AvgIpc) is 2.38. The molecule has 1 N–H and O–H groups in total. The molecule has 0 atom stereocenters. The molecule has 0 saturated carbocycles. The van der Waals surface area contributed by atoms with E-state index in [4.69, 9.17) is 0 Å². The largest absolute Gasteiger partial charge is 0.360 e. The molecular formula is C12H10BrN3O2. The van der Waals surface area contributed by atoms with Gasteiger partial charge in [-0.05, 0) is 23.8 Å². The van der Waals surface area contributed by atoms with Crippen LogP contribution >= 0.6 is 15.9 Å². The van der Waals surface area contributed by atoms with Gasteiger partial charge in [0, 0.05) is 23.3 Å². The second-order valence-corrected chi connectivity index (χ2v) is 4.52. The average molecular weight is 308 g/mol. The third-order valence-corrected chi connectivity index (χ3v) is 2.88. The summed E-state index contributed by atoms with van der Waals surface area (Å²) >= 11 is 3.35. The maximum atomic E-state index is 10.8. The molecule has 0 unspecified atom stereocenters. The third-order valence-electron chi connectivity index (χ3n) is 2.36. The van der Waals surface area contributed by atoms with Gasteiger partial charge in [-0.1, -0.05) is 28.1 Å². The first-order valence-electron chi connectivity index (χ1n) is 5.24. The highest BCUT2D eigenvalue weighted by Gasteiger charge is 2.13. The van der Waals surface area contributed by atoms with Gasteiger partial charge in [-0.25, -0.2) is 4.98 Å². The third kappa shape index (κ3) is 3.04. The predicted octanol–water partition coefficient (Wildman–Crippen LogP) is 3.36. The van der Waals surface area contributed by atoms with Crippen molar-refractivity contribution < 1.29 is 4.92 Å². The first-order valence-corrected chi connectivity index (χ1v) is 6.04. The first-order chi connectivity index (χ1) is 8.66. The zero-order valence-electron chi connectivity index (χ0n) is 9.34. The molecule has 92 valence electrons. The minimum Gasteiger partial charge on any atom is -0.360 e. The number of hydrogen-bond acceptors (Lipinski definition) is 4. The molecule has 1 aromatic carbocycles. The molecule has 0 spiro atoms. The Labute approximate surface area is 112 Å². The van der Waals surface area contributed by atoms with E-state index in [1.54, 1.807) is 6.07 Å². The molecular weight excluding hydrogens is 298 g/mol. The maximum absolute atomic E-state index is 10.8. The molecule has 1 heterocycles. The number of halogens is 1. The van der Waals surface area contributed by atoms with Crippen LogP contribution in [0.1, 0.15) is 5.56 Å². The van der Waals surface area contributed by atoms with Crippen molar-refractivity contribution in [2.24, 2.45) is 0 Å². The number of benzene rings is 1. The van der Waals surface area contributed by atoms with Gasteiger partial charge >= 0.3 is 5.69 Å². The van der Waals surface area contributed by atoms with Crippen LogP contribution < -0.4 is 5.32 Å². The van der Waals surface area contributed by atoms with E-state index in [-0.39, 0.29) is 11.5 Å². The zero-order valence-corrected chi connectivity index (χ0v) is 10.9. The Morgan fingerprint density at radius 3 is 2.67 bits per heavy atom.